The zero-order valence-electron chi connectivity index (χ0n) is 12.2. The Morgan fingerprint density at radius 2 is 1.87 bits per heavy atom. The minimum Gasteiger partial charge on any atom is -0.454 e. The van der Waals surface area contributed by atoms with Gasteiger partial charge in [0.25, 0.3) is 11.6 Å². The summed E-state index contributed by atoms with van der Waals surface area (Å²) < 4.78 is 10.3. The van der Waals surface area contributed by atoms with Crippen LogP contribution in [0.1, 0.15) is 15.9 Å². The first kappa shape index (κ1) is 14.8. The van der Waals surface area contributed by atoms with E-state index in [1.54, 1.807) is 0 Å². The summed E-state index contributed by atoms with van der Waals surface area (Å²) in [5, 5.41) is 13.8. The Kier molecular flexibility index (Phi) is 4.09. The van der Waals surface area contributed by atoms with Gasteiger partial charge in [-0.05, 0) is 12.0 Å². The van der Waals surface area contributed by atoms with E-state index in [0.29, 0.717) is 18.7 Å². The van der Waals surface area contributed by atoms with E-state index in [9.17, 15) is 14.9 Å². The van der Waals surface area contributed by atoms with Crippen molar-refractivity contribution >= 4 is 11.6 Å². The molecule has 23 heavy (non-hydrogen) atoms. The SMILES string of the molecule is O=C(NCCc1ccccc1)c1cc2c(cc1[N+](=O)[O-])OCO2. The first-order valence-corrected chi connectivity index (χ1v) is 7.05. The number of amides is 1. The van der Waals surface area contributed by atoms with Gasteiger partial charge in [-0.1, -0.05) is 30.3 Å². The highest BCUT2D eigenvalue weighted by Crippen LogP contribution is 2.37. The number of ether oxygens (including phenoxy) is 2. The van der Waals surface area contributed by atoms with Crippen molar-refractivity contribution in [3.8, 4) is 11.5 Å². The number of benzene rings is 2. The van der Waals surface area contributed by atoms with Crippen LogP contribution in [0.4, 0.5) is 5.69 Å². The Balaban J connectivity index is 1.72. The van der Waals surface area contributed by atoms with Crippen LogP contribution in [0.15, 0.2) is 42.5 Å². The largest absolute Gasteiger partial charge is 0.454 e. The van der Waals surface area contributed by atoms with E-state index < -0.39 is 10.8 Å². The van der Waals surface area contributed by atoms with Crippen LogP contribution in [0.3, 0.4) is 0 Å². The number of nitro groups is 1. The summed E-state index contributed by atoms with van der Waals surface area (Å²) in [4.78, 5) is 22.8. The molecule has 2 aromatic rings. The lowest BCUT2D eigenvalue weighted by Crippen LogP contribution is -2.26. The topological polar surface area (TPSA) is 90.7 Å². The van der Waals surface area contributed by atoms with Crippen molar-refractivity contribution in [2.24, 2.45) is 0 Å². The van der Waals surface area contributed by atoms with Crippen molar-refractivity contribution in [2.75, 3.05) is 13.3 Å². The smallest absolute Gasteiger partial charge is 0.286 e. The Morgan fingerprint density at radius 3 is 2.57 bits per heavy atom. The van der Waals surface area contributed by atoms with E-state index in [1.165, 1.54) is 12.1 Å². The van der Waals surface area contributed by atoms with E-state index in [-0.39, 0.29) is 23.8 Å². The molecular weight excluding hydrogens is 300 g/mol. The second-order valence-corrected chi connectivity index (χ2v) is 4.97. The molecule has 1 amide bonds. The zero-order chi connectivity index (χ0) is 16.2. The highest BCUT2D eigenvalue weighted by atomic mass is 16.7. The molecule has 7 nitrogen and oxygen atoms in total. The maximum absolute atomic E-state index is 12.2. The van der Waals surface area contributed by atoms with Crippen LogP contribution in [0.2, 0.25) is 0 Å². The highest BCUT2D eigenvalue weighted by molar-refractivity contribution is 5.99. The fraction of sp³-hybridized carbons (Fsp3) is 0.188. The van der Waals surface area contributed by atoms with Crippen molar-refractivity contribution in [1.29, 1.82) is 0 Å². The second kappa shape index (κ2) is 6.35. The molecule has 0 bridgehead atoms. The molecule has 0 aromatic heterocycles. The summed E-state index contributed by atoms with van der Waals surface area (Å²) in [5.74, 6) is 0.104. The van der Waals surface area contributed by atoms with Gasteiger partial charge in [0.1, 0.15) is 5.56 Å². The Labute approximate surface area is 132 Å². The summed E-state index contributed by atoms with van der Waals surface area (Å²) in [6.07, 6.45) is 0.644. The maximum atomic E-state index is 12.2. The standard InChI is InChI=1S/C16H14N2O5/c19-16(17-7-6-11-4-2-1-3-5-11)12-8-14-15(23-10-22-14)9-13(12)18(20)21/h1-5,8-9H,6-7,10H2,(H,17,19). The number of nitro benzene ring substituents is 1. The molecule has 0 spiro atoms. The van der Waals surface area contributed by atoms with Crippen molar-refractivity contribution in [2.45, 2.75) is 6.42 Å². The predicted octanol–water partition coefficient (Wildman–Crippen LogP) is 2.30. The van der Waals surface area contributed by atoms with Crippen molar-refractivity contribution in [3.05, 3.63) is 63.7 Å². The summed E-state index contributed by atoms with van der Waals surface area (Å²) in [5.41, 5.74) is 0.742. The molecule has 0 atom stereocenters. The lowest BCUT2D eigenvalue weighted by Gasteiger charge is -2.07. The van der Waals surface area contributed by atoms with Crippen LogP contribution in [0.25, 0.3) is 0 Å². The fourth-order valence-electron chi connectivity index (χ4n) is 2.32. The van der Waals surface area contributed by atoms with E-state index in [0.717, 1.165) is 5.56 Å². The van der Waals surface area contributed by atoms with E-state index in [2.05, 4.69) is 5.32 Å². The number of rotatable bonds is 5. The molecule has 118 valence electrons. The van der Waals surface area contributed by atoms with Crippen LogP contribution in [0.5, 0.6) is 11.5 Å². The number of fused-ring (bicyclic) bond motifs is 1. The summed E-state index contributed by atoms with van der Waals surface area (Å²) in [6, 6.07) is 12.2. The average molecular weight is 314 g/mol. The molecule has 0 radical (unpaired) electrons. The van der Waals surface area contributed by atoms with Crippen LogP contribution >= 0.6 is 0 Å². The molecule has 7 heteroatoms. The minimum absolute atomic E-state index is 0.00837. The van der Waals surface area contributed by atoms with E-state index in [4.69, 9.17) is 9.47 Å². The number of carbonyl (C=O) groups is 1. The van der Waals surface area contributed by atoms with Gasteiger partial charge >= 0.3 is 0 Å². The van der Waals surface area contributed by atoms with Crippen LogP contribution < -0.4 is 14.8 Å². The van der Waals surface area contributed by atoms with Gasteiger partial charge in [-0.3, -0.25) is 14.9 Å². The first-order valence-electron chi connectivity index (χ1n) is 7.05. The maximum Gasteiger partial charge on any atom is 0.286 e. The normalized spacial score (nSPS) is 12.0. The molecule has 1 aliphatic heterocycles. The molecule has 1 heterocycles. The quantitative estimate of drug-likeness (QED) is 0.675. The molecule has 1 aliphatic rings. The summed E-state index contributed by atoms with van der Waals surface area (Å²) >= 11 is 0. The predicted molar refractivity (Wildman–Crippen MR) is 81.7 cm³/mol. The van der Waals surface area contributed by atoms with Gasteiger partial charge in [-0.2, -0.15) is 0 Å². The molecule has 0 aliphatic carbocycles. The highest BCUT2D eigenvalue weighted by Gasteiger charge is 2.26. The van der Waals surface area contributed by atoms with Gasteiger partial charge in [0.05, 0.1) is 11.0 Å². The molecule has 0 unspecified atom stereocenters. The average Bonchev–Trinajstić information content (AvgIpc) is 3.02. The van der Waals surface area contributed by atoms with Gasteiger partial charge in [-0.15, -0.1) is 0 Å². The zero-order valence-corrected chi connectivity index (χ0v) is 12.2. The number of nitrogens with one attached hydrogen (secondary N) is 1. The van der Waals surface area contributed by atoms with E-state index >= 15 is 0 Å². The minimum atomic E-state index is -0.603. The summed E-state index contributed by atoms with van der Waals surface area (Å²) in [7, 11) is 0. The van der Waals surface area contributed by atoms with Crippen LogP contribution in [-0.4, -0.2) is 24.2 Å². The lowest BCUT2D eigenvalue weighted by molar-refractivity contribution is -0.385. The molecule has 2 aromatic carbocycles. The number of carbonyl (C=O) groups excluding carboxylic acids is 1. The third kappa shape index (κ3) is 3.23. The number of nitrogens with zero attached hydrogens (tertiary/aromatic N) is 1. The molecule has 0 fully saturated rings. The molecular formula is C16H14N2O5. The van der Waals surface area contributed by atoms with Gasteiger partial charge in [0.2, 0.25) is 6.79 Å². The van der Waals surface area contributed by atoms with Crippen LogP contribution in [0, 0.1) is 10.1 Å². The second-order valence-electron chi connectivity index (χ2n) is 4.97. The lowest BCUT2D eigenvalue weighted by atomic mass is 10.1. The van der Waals surface area contributed by atoms with Crippen molar-refractivity contribution in [3.63, 3.8) is 0 Å². The van der Waals surface area contributed by atoms with E-state index in [1.807, 2.05) is 30.3 Å². The van der Waals surface area contributed by atoms with Gasteiger partial charge < -0.3 is 14.8 Å². The molecule has 0 saturated heterocycles. The van der Waals surface area contributed by atoms with Gasteiger partial charge in [-0.25, -0.2) is 0 Å². The van der Waals surface area contributed by atoms with Crippen LogP contribution in [-0.2, 0) is 6.42 Å². The third-order valence-electron chi connectivity index (χ3n) is 3.47. The number of hydrogen-bond donors (Lipinski definition) is 1. The monoisotopic (exact) mass is 314 g/mol. The van der Waals surface area contributed by atoms with Crippen molar-refractivity contribution < 1.29 is 19.2 Å². The Hall–Kier alpha value is -3.09. The molecule has 0 saturated carbocycles. The van der Waals surface area contributed by atoms with Gasteiger partial charge in [0, 0.05) is 12.6 Å². The fourth-order valence-corrected chi connectivity index (χ4v) is 2.32. The Bertz CT molecular complexity index is 746. The third-order valence-corrected chi connectivity index (χ3v) is 3.47. The number of hydrogen-bond acceptors (Lipinski definition) is 5. The van der Waals surface area contributed by atoms with Crippen molar-refractivity contribution in [1.82, 2.24) is 5.32 Å². The molecule has 3 rings (SSSR count). The summed E-state index contributed by atoms with van der Waals surface area (Å²) in [6.45, 7) is 0.375. The Morgan fingerprint density at radius 1 is 1.17 bits per heavy atom. The van der Waals surface area contributed by atoms with Gasteiger partial charge in [0.15, 0.2) is 11.5 Å². The molecule has 1 N–H and O–H groups in total. The first-order chi connectivity index (χ1) is 11.1.